The minimum absolute atomic E-state index is 0.345. The predicted octanol–water partition coefficient (Wildman–Crippen LogP) is 2.54. The molecule has 0 heterocycles. The summed E-state index contributed by atoms with van der Waals surface area (Å²) in [5.41, 5.74) is 0. The van der Waals surface area contributed by atoms with Crippen molar-refractivity contribution in [2.45, 2.75) is 52.1 Å². The first kappa shape index (κ1) is 11.5. The second-order valence-electron chi connectivity index (χ2n) is 3.29. The van der Waals surface area contributed by atoms with Gasteiger partial charge in [0.05, 0.1) is 6.10 Å². The van der Waals surface area contributed by atoms with Crippen molar-refractivity contribution >= 4 is 0 Å². The zero-order valence-corrected chi connectivity index (χ0v) is 8.14. The molecule has 0 fully saturated rings. The molecule has 1 heteroatoms. The molecule has 0 aliphatic heterocycles. The van der Waals surface area contributed by atoms with E-state index in [1.54, 1.807) is 0 Å². The van der Waals surface area contributed by atoms with Gasteiger partial charge in [-0.2, -0.15) is 0 Å². The Morgan fingerprint density at radius 3 is 2.08 bits per heavy atom. The fraction of sp³-hybridized carbons (Fsp3) is 0.818. The summed E-state index contributed by atoms with van der Waals surface area (Å²) >= 11 is 0. The normalized spacial score (nSPS) is 12.9. The van der Waals surface area contributed by atoms with Crippen LogP contribution in [-0.4, -0.2) is 11.2 Å². The van der Waals surface area contributed by atoms with E-state index in [1.165, 1.54) is 0 Å². The van der Waals surface area contributed by atoms with Crippen molar-refractivity contribution in [3.63, 3.8) is 0 Å². The second-order valence-corrected chi connectivity index (χ2v) is 3.29. The fourth-order valence-electron chi connectivity index (χ4n) is 1.54. The van der Waals surface area contributed by atoms with Crippen molar-refractivity contribution in [3.05, 3.63) is 6.42 Å². The Morgan fingerprint density at radius 1 is 1.25 bits per heavy atom. The number of aliphatic hydroxyl groups excluding tert-OH is 1. The first-order valence-electron chi connectivity index (χ1n) is 4.83. The molecule has 0 spiro atoms. The van der Waals surface area contributed by atoms with E-state index in [4.69, 9.17) is 6.42 Å². The molecule has 0 aliphatic carbocycles. The minimum atomic E-state index is -0.345. The lowest BCUT2D eigenvalue weighted by Crippen LogP contribution is -2.19. The molecule has 12 heavy (non-hydrogen) atoms. The summed E-state index contributed by atoms with van der Waals surface area (Å²) in [6.45, 7) is 4.26. The van der Waals surface area contributed by atoms with Gasteiger partial charge in [0.1, 0.15) is 0 Å². The summed E-state index contributed by atoms with van der Waals surface area (Å²) in [7, 11) is 0. The van der Waals surface area contributed by atoms with E-state index >= 15 is 0 Å². The Hall–Kier alpha value is -0.480. The van der Waals surface area contributed by atoms with Crippen LogP contribution in [0.2, 0.25) is 0 Å². The minimum Gasteiger partial charge on any atom is -0.392 e. The molecule has 0 aromatic rings. The number of hydrogen-bond donors (Lipinski definition) is 1. The number of aliphatic hydroxyl groups is 1. The van der Waals surface area contributed by atoms with E-state index in [-0.39, 0.29) is 6.10 Å². The van der Waals surface area contributed by atoms with Gasteiger partial charge in [0.15, 0.2) is 0 Å². The molecule has 0 aromatic carbocycles. The first-order chi connectivity index (χ1) is 5.76. The van der Waals surface area contributed by atoms with Crippen LogP contribution in [-0.2, 0) is 0 Å². The highest BCUT2D eigenvalue weighted by atomic mass is 16.3. The summed E-state index contributed by atoms with van der Waals surface area (Å²) in [5.74, 6) is 2.64. The van der Waals surface area contributed by atoms with Crippen LogP contribution < -0.4 is 0 Å². The lowest BCUT2D eigenvalue weighted by Gasteiger charge is -2.19. The Morgan fingerprint density at radius 2 is 1.75 bits per heavy atom. The molecule has 0 bridgehead atoms. The molecular weight excluding hydrogens is 148 g/mol. The summed E-state index contributed by atoms with van der Waals surface area (Å²) in [6.07, 6.45) is 11.2. The maximum atomic E-state index is 9.59. The van der Waals surface area contributed by atoms with Gasteiger partial charge in [0.2, 0.25) is 0 Å². The average molecular weight is 167 g/mol. The standard InChI is InChI=1S/C11H19O/c1-4-7-10(8-5-2)11(12)9-6-3/h10-12H,4-5,7-9H2,1-2H3. The van der Waals surface area contributed by atoms with Crippen LogP contribution in [0.5, 0.6) is 0 Å². The van der Waals surface area contributed by atoms with E-state index in [9.17, 15) is 5.11 Å². The maximum Gasteiger partial charge on any atom is 0.0677 e. The zero-order valence-electron chi connectivity index (χ0n) is 8.14. The topological polar surface area (TPSA) is 20.2 Å². The Kier molecular flexibility index (Phi) is 6.90. The summed E-state index contributed by atoms with van der Waals surface area (Å²) in [4.78, 5) is 0. The van der Waals surface area contributed by atoms with E-state index in [1.807, 2.05) is 0 Å². The molecule has 0 aromatic heterocycles. The Labute approximate surface area is 76.2 Å². The van der Waals surface area contributed by atoms with Crippen molar-refractivity contribution in [2.24, 2.45) is 5.92 Å². The molecular formula is C11H19O. The largest absolute Gasteiger partial charge is 0.392 e. The lowest BCUT2D eigenvalue weighted by molar-refractivity contribution is 0.101. The zero-order chi connectivity index (χ0) is 9.40. The van der Waals surface area contributed by atoms with Crippen LogP contribution in [0.25, 0.3) is 0 Å². The molecule has 0 saturated heterocycles. The first-order valence-corrected chi connectivity index (χ1v) is 4.83. The van der Waals surface area contributed by atoms with Crippen LogP contribution in [0, 0.1) is 18.3 Å². The van der Waals surface area contributed by atoms with Crippen LogP contribution >= 0.6 is 0 Å². The SMILES string of the molecule is [C]#CCC(O)C(CCC)CCC. The van der Waals surface area contributed by atoms with Gasteiger partial charge in [-0.15, -0.1) is 0 Å². The van der Waals surface area contributed by atoms with Gasteiger partial charge in [-0.25, -0.2) is 0 Å². The summed E-state index contributed by atoms with van der Waals surface area (Å²) in [6, 6.07) is 0. The number of hydrogen-bond acceptors (Lipinski definition) is 1. The van der Waals surface area contributed by atoms with Gasteiger partial charge in [-0.3, -0.25) is 0 Å². The van der Waals surface area contributed by atoms with Crippen LogP contribution in [0.15, 0.2) is 0 Å². The summed E-state index contributed by atoms with van der Waals surface area (Å²) < 4.78 is 0. The molecule has 1 atom stereocenters. The van der Waals surface area contributed by atoms with Gasteiger partial charge < -0.3 is 5.11 Å². The highest BCUT2D eigenvalue weighted by molar-refractivity contribution is 4.83. The van der Waals surface area contributed by atoms with E-state index in [0.29, 0.717) is 12.3 Å². The molecule has 1 radical (unpaired) electrons. The Bertz CT molecular complexity index is 128. The average Bonchev–Trinajstić information content (AvgIpc) is 2.04. The van der Waals surface area contributed by atoms with E-state index < -0.39 is 0 Å². The van der Waals surface area contributed by atoms with Crippen LogP contribution in [0.4, 0.5) is 0 Å². The van der Waals surface area contributed by atoms with Crippen molar-refractivity contribution in [2.75, 3.05) is 0 Å². The lowest BCUT2D eigenvalue weighted by atomic mass is 9.91. The van der Waals surface area contributed by atoms with Gasteiger partial charge in [-0.05, 0) is 25.2 Å². The quantitative estimate of drug-likeness (QED) is 0.603. The predicted molar refractivity (Wildman–Crippen MR) is 51.1 cm³/mol. The molecule has 0 rings (SSSR count). The van der Waals surface area contributed by atoms with Crippen molar-refractivity contribution in [1.82, 2.24) is 0 Å². The van der Waals surface area contributed by atoms with Crippen LogP contribution in [0.1, 0.15) is 46.0 Å². The molecule has 69 valence electrons. The van der Waals surface area contributed by atoms with Crippen molar-refractivity contribution in [1.29, 1.82) is 0 Å². The van der Waals surface area contributed by atoms with Gasteiger partial charge >= 0.3 is 0 Å². The molecule has 1 unspecified atom stereocenters. The fourth-order valence-corrected chi connectivity index (χ4v) is 1.54. The molecule has 1 nitrogen and oxygen atoms in total. The number of rotatable bonds is 6. The smallest absolute Gasteiger partial charge is 0.0677 e. The third kappa shape index (κ3) is 4.41. The Balaban J connectivity index is 3.82. The second kappa shape index (κ2) is 7.18. The molecule has 1 N–H and O–H groups in total. The molecule has 0 amide bonds. The van der Waals surface area contributed by atoms with Crippen molar-refractivity contribution < 1.29 is 5.11 Å². The molecule has 0 saturated carbocycles. The molecule has 0 aliphatic rings. The van der Waals surface area contributed by atoms with Crippen LogP contribution in [0.3, 0.4) is 0 Å². The highest BCUT2D eigenvalue weighted by Gasteiger charge is 2.15. The third-order valence-corrected chi connectivity index (χ3v) is 2.17. The highest BCUT2D eigenvalue weighted by Crippen LogP contribution is 2.19. The van der Waals surface area contributed by atoms with Gasteiger partial charge in [0.25, 0.3) is 0 Å². The van der Waals surface area contributed by atoms with Gasteiger partial charge in [0, 0.05) is 6.42 Å². The van der Waals surface area contributed by atoms with Crippen molar-refractivity contribution in [3.8, 4) is 5.92 Å². The third-order valence-electron chi connectivity index (χ3n) is 2.17. The maximum absolute atomic E-state index is 9.59. The van der Waals surface area contributed by atoms with E-state index in [2.05, 4.69) is 19.8 Å². The van der Waals surface area contributed by atoms with E-state index in [0.717, 1.165) is 25.7 Å². The van der Waals surface area contributed by atoms with Gasteiger partial charge in [-0.1, -0.05) is 32.6 Å². The monoisotopic (exact) mass is 167 g/mol. The summed E-state index contributed by atoms with van der Waals surface area (Å²) in [5, 5.41) is 9.59.